The fourth-order valence-corrected chi connectivity index (χ4v) is 0.917. The third-order valence-electron chi connectivity index (χ3n) is 1.42. The molecule has 0 spiro atoms. The molecule has 0 aliphatic carbocycles. The largest absolute Gasteiger partial charge is 0.382 e. The van der Waals surface area contributed by atoms with Crippen molar-refractivity contribution in [3.05, 3.63) is 24.7 Å². The molecule has 0 amide bonds. The van der Waals surface area contributed by atoms with Gasteiger partial charge in [-0.2, -0.15) is 0 Å². The highest BCUT2D eigenvalue weighted by Gasteiger charge is 1.97. The van der Waals surface area contributed by atoms with Crippen LogP contribution < -0.4 is 5.73 Å². The summed E-state index contributed by atoms with van der Waals surface area (Å²) in [6.45, 7) is 0. The average molecular weight is 146 g/mol. The van der Waals surface area contributed by atoms with E-state index in [4.69, 9.17) is 5.73 Å². The highest BCUT2D eigenvalue weighted by molar-refractivity contribution is 5.83. The van der Waals surface area contributed by atoms with E-state index in [1.807, 2.05) is 0 Å². The predicted molar refractivity (Wildman–Crippen MR) is 41.7 cm³/mol. The number of rotatable bonds is 0. The van der Waals surface area contributed by atoms with Crippen molar-refractivity contribution in [2.75, 3.05) is 5.73 Å². The van der Waals surface area contributed by atoms with Gasteiger partial charge in [0.15, 0.2) is 5.82 Å². The Hall–Kier alpha value is -1.71. The summed E-state index contributed by atoms with van der Waals surface area (Å²) in [5.74, 6) is 0.426. The van der Waals surface area contributed by atoms with Crippen LogP contribution in [0.4, 0.5) is 5.82 Å². The lowest BCUT2D eigenvalue weighted by molar-refractivity contribution is 1.25. The first kappa shape index (κ1) is 6.03. The standard InChI is InChI=1S/C7H6N4/c8-7-6-5(1-2-11-7)9-3-4-10-6/h1-4H,(H2,8,11). The van der Waals surface area contributed by atoms with Crippen LogP contribution in [0.2, 0.25) is 0 Å². The zero-order valence-corrected chi connectivity index (χ0v) is 5.73. The lowest BCUT2D eigenvalue weighted by Gasteiger charge is -1.95. The van der Waals surface area contributed by atoms with Crippen LogP contribution in [0.25, 0.3) is 11.0 Å². The van der Waals surface area contributed by atoms with E-state index in [9.17, 15) is 0 Å². The van der Waals surface area contributed by atoms with Gasteiger partial charge in [0.2, 0.25) is 0 Å². The summed E-state index contributed by atoms with van der Waals surface area (Å²) in [7, 11) is 0. The summed E-state index contributed by atoms with van der Waals surface area (Å²) < 4.78 is 0. The lowest BCUT2D eigenvalue weighted by atomic mass is 10.4. The molecule has 2 aromatic rings. The average Bonchev–Trinajstić information content (AvgIpc) is 2.06. The van der Waals surface area contributed by atoms with E-state index in [0.29, 0.717) is 11.3 Å². The molecule has 0 bridgehead atoms. The molecule has 2 heterocycles. The normalized spacial score (nSPS) is 10.2. The number of anilines is 1. The minimum atomic E-state index is 0.426. The second-order valence-electron chi connectivity index (χ2n) is 2.12. The molecule has 0 saturated carbocycles. The first-order valence-electron chi connectivity index (χ1n) is 3.19. The van der Waals surface area contributed by atoms with Crippen LogP contribution in [0.3, 0.4) is 0 Å². The van der Waals surface area contributed by atoms with Gasteiger partial charge in [0, 0.05) is 18.6 Å². The van der Waals surface area contributed by atoms with E-state index in [-0.39, 0.29) is 0 Å². The number of hydrogen-bond acceptors (Lipinski definition) is 4. The van der Waals surface area contributed by atoms with Gasteiger partial charge in [-0.1, -0.05) is 0 Å². The quantitative estimate of drug-likeness (QED) is 0.591. The number of nitrogen functional groups attached to an aromatic ring is 1. The topological polar surface area (TPSA) is 64.7 Å². The van der Waals surface area contributed by atoms with Crippen molar-refractivity contribution in [1.82, 2.24) is 15.0 Å². The van der Waals surface area contributed by atoms with Crippen LogP contribution in [-0.4, -0.2) is 15.0 Å². The first-order valence-corrected chi connectivity index (χ1v) is 3.19. The lowest BCUT2D eigenvalue weighted by Crippen LogP contribution is -1.93. The number of hydrogen-bond donors (Lipinski definition) is 1. The molecular formula is C7H6N4. The van der Waals surface area contributed by atoms with E-state index in [2.05, 4.69) is 15.0 Å². The Morgan fingerprint density at radius 1 is 1.00 bits per heavy atom. The van der Waals surface area contributed by atoms with E-state index < -0.39 is 0 Å². The van der Waals surface area contributed by atoms with Crippen LogP contribution in [0.1, 0.15) is 0 Å². The summed E-state index contributed by atoms with van der Waals surface area (Å²) in [4.78, 5) is 12.0. The maximum absolute atomic E-state index is 5.54. The minimum Gasteiger partial charge on any atom is -0.382 e. The smallest absolute Gasteiger partial charge is 0.151 e. The molecule has 11 heavy (non-hydrogen) atoms. The van der Waals surface area contributed by atoms with Crippen LogP contribution >= 0.6 is 0 Å². The van der Waals surface area contributed by atoms with Crippen molar-refractivity contribution in [2.45, 2.75) is 0 Å². The molecule has 0 unspecified atom stereocenters. The number of pyridine rings is 1. The summed E-state index contributed by atoms with van der Waals surface area (Å²) in [6, 6.07) is 1.78. The molecule has 0 aliphatic heterocycles. The fraction of sp³-hybridized carbons (Fsp3) is 0. The second kappa shape index (κ2) is 2.16. The molecule has 2 rings (SSSR count). The van der Waals surface area contributed by atoms with Gasteiger partial charge in [-0.3, -0.25) is 4.98 Å². The van der Waals surface area contributed by atoms with Crippen molar-refractivity contribution in [2.24, 2.45) is 0 Å². The van der Waals surface area contributed by atoms with Gasteiger partial charge in [-0.05, 0) is 6.07 Å². The van der Waals surface area contributed by atoms with E-state index in [1.165, 1.54) is 0 Å². The van der Waals surface area contributed by atoms with Crippen molar-refractivity contribution >= 4 is 16.9 Å². The van der Waals surface area contributed by atoms with Crippen LogP contribution in [0, 0.1) is 0 Å². The molecule has 2 aromatic heterocycles. The van der Waals surface area contributed by atoms with Crippen LogP contribution in [0.5, 0.6) is 0 Å². The SMILES string of the molecule is Nc1nccc2nccnc12. The van der Waals surface area contributed by atoms with E-state index in [1.54, 1.807) is 24.7 Å². The molecule has 0 fully saturated rings. The Labute approximate surface area is 63.1 Å². The zero-order chi connectivity index (χ0) is 7.68. The van der Waals surface area contributed by atoms with Crippen LogP contribution in [0.15, 0.2) is 24.7 Å². The summed E-state index contributed by atoms with van der Waals surface area (Å²) in [6.07, 6.45) is 4.84. The molecule has 54 valence electrons. The van der Waals surface area contributed by atoms with Crippen molar-refractivity contribution in [1.29, 1.82) is 0 Å². The Morgan fingerprint density at radius 3 is 2.64 bits per heavy atom. The monoisotopic (exact) mass is 146 g/mol. The zero-order valence-electron chi connectivity index (χ0n) is 5.73. The number of aromatic nitrogens is 3. The summed E-state index contributed by atoms with van der Waals surface area (Å²) in [5, 5.41) is 0. The Morgan fingerprint density at radius 2 is 1.82 bits per heavy atom. The van der Waals surface area contributed by atoms with Gasteiger partial charge in [-0.25, -0.2) is 9.97 Å². The number of nitrogens with two attached hydrogens (primary N) is 1. The molecule has 0 radical (unpaired) electrons. The maximum Gasteiger partial charge on any atom is 0.151 e. The van der Waals surface area contributed by atoms with Gasteiger partial charge >= 0.3 is 0 Å². The van der Waals surface area contributed by atoms with Gasteiger partial charge < -0.3 is 5.73 Å². The second-order valence-corrected chi connectivity index (χ2v) is 2.12. The molecule has 0 saturated heterocycles. The third kappa shape index (κ3) is 0.881. The highest BCUT2D eigenvalue weighted by Crippen LogP contribution is 2.11. The Bertz CT molecular complexity index is 380. The van der Waals surface area contributed by atoms with Gasteiger partial charge in [0.25, 0.3) is 0 Å². The molecule has 4 heteroatoms. The Kier molecular flexibility index (Phi) is 1.18. The van der Waals surface area contributed by atoms with Gasteiger partial charge in [0.1, 0.15) is 5.52 Å². The van der Waals surface area contributed by atoms with E-state index >= 15 is 0 Å². The van der Waals surface area contributed by atoms with E-state index in [0.717, 1.165) is 5.52 Å². The molecule has 4 nitrogen and oxygen atoms in total. The van der Waals surface area contributed by atoms with Gasteiger partial charge in [0.05, 0.1) is 5.52 Å². The number of nitrogens with zero attached hydrogens (tertiary/aromatic N) is 3. The Balaban J connectivity index is 2.91. The van der Waals surface area contributed by atoms with Crippen molar-refractivity contribution < 1.29 is 0 Å². The molecular weight excluding hydrogens is 140 g/mol. The van der Waals surface area contributed by atoms with Crippen molar-refractivity contribution in [3.63, 3.8) is 0 Å². The fourth-order valence-electron chi connectivity index (χ4n) is 0.917. The first-order chi connectivity index (χ1) is 5.38. The highest BCUT2D eigenvalue weighted by atomic mass is 14.9. The molecule has 0 atom stereocenters. The van der Waals surface area contributed by atoms with Crippen molar-refractivity contribution in [3.8, 4) is 0 Å². The molecule has 0 aliphatic rings. The summed E-state index contributed by atoms with van der Waals surface area (Å²) >= 11 is 0. The third-order valence-corrected chi connectivity index (χ3v) is 1.42. The number of fused-ring (bicyclic) bond motifs is 1. The maximum atomic E-state index is 5.54. The summed E-state index contributed by atoms with van der Waals surface area (Å²) in [5.41, 5.74) is 6.98. The predicted octanol–water partition coefficient (Wildman–Crippen LogP) is 0.607. The molecule has 2 N–H and O–H groups in total. The molecule has 0 aromatic carbocycles. The van der Waals surface area contributed by atoms with Gasteiger partial charge in [-0.15, -0.1) is 0 Å². The minimum absolute atomic E-state index is 0.426. The van der Waals surface area contributed by atoms with Crippen LogP contribution in [-0.2, 0) is 0 Å².